The highest BCUT2D eigenvalue weighted by Gasteiger charge is 3.07. The first kappa shape index (κ1) is 40.4. The number of carbonyl (C=O) groups excluding carboxylic acids is 4. The first-order chi connectivity index (χ1) is 26.5. The van der Waals surface area contributed by atoms with Gasteiger partial charge in [-0.3, -0.25) is 14.4 Å². The molecule has 0 unspecified atom stereocenters. The summed E-state index contributed by atoms with van der Waals surface area (Å²) in [6.45, 7) is 12.6. The van der Waals surface area contributed by atoms with Crippen molar-refractivity contribution in [3.05, 3.63) is 35.8 Å². The lowest BCUT2D eigenvalue weighted by Gasteiger charge is -2.78. The van der Waals surface area contributed by atoms with Crippen LogP contribution in [0.15, 0.2) is 34.7 Å². The molecule has 1 aromatic rings. The van der Waals surface area contributed by atoms with Gasteiger partial charge in [-0.1, -0.05) is 26.8 Å². The summed E-state index contributed by atoms with van der Waals surface area (Å²) >= 11 is 0. The summed E-state index contributed by atoms with van der Waals surface area (Å²) in [4.78, 5) is 54.8. The summed E-state index contributed by atoms with van der Waals surface area (Å²) in [5.74, 6) is -8.01. The second kappa shape index (κ2) is 11.9. The normalized spacial score (nSPS) is 50.2. The zero-order valence-electron chi connectivity index (χ0n) is 34.0. The van der Waals surface area contributed by atoms with Gasteiger partial charge >= 0.3 is 23.9 Å². The smallest absolute Gasteiger partial charge is 0.333 e. The lowest BCUT2D eigenvalue weighted by atomic mass is 9.32. The molecule has 57 heavy (non-hydrogen) atoms. The van der Waals surface area contributed by atoms with Crippen molar-refractivity contribution < 1.29 is 81.2 Å². The highest BCUT2D eigenvalue weighted by atomic mass is 17.0. The largest absolute Gasteiger partial charge is 0.472 e. The van der Waals surface area contributed by atoms with E-state index >= 15 is 0 Å². The van der Waals surface area contributed by atoms with Crippen LogP contribution in [0.4, 0.5) is 0 Å². The number of esters is 4. The minimum Gasteiger partial charge on any atom is -0.472 e. The van der Waals surface area contributed by atoms with Gasteiger partial charge in [-0.25, -0.2) is 4.79 Å². The Hall–Kier alpha value is -3.42. The fraction of sp³-hybridized carbons (Fsp3) is 0.750. The van der Waals surface area contributed by atoms with E-state index in [1.165, 1.54) is 54.6 Å². The molecule has 4 saturated carbocycles. The van der Waals surface area contributed by atoms with Crippen LogP contribution >= 0.6 is 0 Å². The average molecular weight is 805 g/mol. The van der Waals surface area contributed by atoms with Crippen molar-refractivity contribution in [2.24, 2.45) is 22.2 Å². The van der Waals surface area contributed by atoms with E-state index in [2.05, 4.69) is 0 Å². The van der Waals surface area contributed by atoms with Gasteiger partial charge in [0.15, 0.2) is 11.2 Å². The summed E-state index contributed by atoms with van der Waals surface area (Å²) in [6.07, 6.45) is -3.09. The molecule has 4 heterocycles. The fourth-order valence-corrected chi connectivity index (χ4v) is 13.3. The topological polar surface area (TPSA) is 214 Å². The number of methoxy groups -OCH3 is 3. The first-order valence-corrected chi connectivity index (χ1v) is 19.1. The molecule has 0 amide bonds. The molecule has 8 rings (SSSR count). The molecule has 0 radical (unpaired) electrons. The summed E-state index contributed by atoms with van der Waals surface area (Å²) in [6, 6.07) is 1.59. The standard InChI is InChI=1S/C40H52O17/c1-12-20(2)28(45)52-29-31(4)19-36(46)33(6,23(31)15-25(43)47-9)39-24(42)16-32(5,27(51-21(3)41)22-13-14-50-18-22)37(17-26(44)48-10)40(39,57-35(8,54-37)56-39)30-38(29,36)55-34(7,49-11)53-30/h12-14,18,23-24,27,29-30,42,46H,15-17,19H2,1-11H3/b20-12-/t23-,24+,27-,29-,30+,31+,32-,33+,34+,35+,36+,37-,38-,39-,40-/m0/s1. The van der Waals surface area contributed by atoms with Crippen molar-refractivity contribution in [2.75, 3.05) is 21.3 Å². The van der Waals surface area contributed by atoms with E-state index < -0.39 is 117 Å². The zero-order chi connectivity index (χ0) is 41.8. The second-order valence-electron chi connectivity index (χ2n) is 17.7. The number of hydrogen-bond donors (Lipinski definition) is 2. The van der Waals surface area contributed by atoms with Crippen LogP contribution in [0.1, 0.15) is 92.7 Å². The molecule has 17 nitrogen and oxygen atoms in total. The molecular weight excluding hydrogens is 752 g/mol. The molecule has 7 aliphatic rings. The zero-order valence-corrected chi connectivity index (χ0v) is 34.0. The molecule has 0 aromatic carbocycles. The maximum Gasteiger partial charge on any atom is 0.333 e. The van der Waals surface area contributed by atoms with Gasteiger partial charge in [0.2, 0.25) is 0 Å². The van der Waals surface area contributed by atoms with Gasteiger partial charge < -0.3 is 62.0 Å². The van der Waals surface area contributed by atoms with Crippen LogP contribution in [0.2, 0.25) is 0 Å². The molecule has 4 bridgehead atoms. The van der Waals surface area contributed by atoms with E-state index in [1.54, 1.807) is 46.8 Å². The van der Waals surface area contributed by atoms with Gasteiger partial charge in [0.1, 0.15) is 35.1 Å². The van der Waals surface area contributed by atoms with E-state index in [1.807, 2.05) is 0 Å². The Morgan fingerprint density at radius 1 is 0.965 bits per heavy atom. The van der Waals surface area contributed by atoms with E-state index in [0.717, 1.165) is 0 Å². The molecule has 3 saturated heterocycles. The number of allylic oxidation sites excluding steroid dienone is 1. The molecule has 1 aromatic heterocycles. The number of rotatable bonds is 10. The van der Waals surface area contributed by atoms with Crippen LogP contribution in [0.25, 0.3) is 0 Å². The van der Waals surface area contributed by atoms with E-state index in [0.29, 0.717) is 5.56 Å². The van der Waals surface area contributed by atoms with Gasteiger partial charge in [0.05, 0.1) is 39.3 Å². The number of carbonyl (C=O) groups is 4. The number of aliphatic hydroxyl groups is 2. The van der Waals surface area contributed by atoms with Gasteiger partial charge in [-0.2, -0.15) is 0 Å². The lowest BCUT2D eigenvalue weighted by molar-refractivity contribution is -0.468. The predicted octanol–water partition coefficient (Wildman–Crippen LogP) is 2.89. The van der Waals surface area contributed by atoms with Crippen LogP contribution in [0.5, 0.6) is 0 Å². The Labute approximate surface area is 329 Å². The van der Waals surface area contributed by atoms with Gasteiger partial charge in [-0.15, -0.1) is 0 Å². The molecule has 3 aliphatic heterocycles. The van der Waals surface area contributed by atoms with Crippen LogP contribution in [-0.2, 0) is 66.5 Å². The first-order valence-electron chi connectivity index (χ1n) is 19.1. The number of hydrogen-bond acceptors (Lipinski definition) is 17. The van der Waals surface area contributed by atoms with E-state index in [-0.39, 0.29) is 24.8 Å². The van der Waals surface area contributed by atoms with Gasteiger partial charge in [0, 0.05) is 61.7 Å². The minimum absolute atomic E-state index is 0.150. The van der Waals surface area contributed by atoms with Crippen molar-refractivity contribution in [1.82, 2.24) is 0 Å². The molecule has 15 atom stereocenters. The number of furan rings is 1. The maximum absolute atomic E-state index is 14.1. The molecule has 17 heteroatoms. The molecule has 2 spiro atoms. The summed E-state index contributed by atoms with van der Waals surface area (Å²) in [5, 5.41) is 27.3. The molecular formula is C40H52O17. The fourth-order valence-electron chi connectivity index (χ4n) is 13.3. The third-order valence-electron chi connectivity index (χ3n) is 15.3. The monoisotopic (exact) mass is 804 g/mol. The Morgan fingerprint density at radius 3 is 2.21 bits per heavy atom. The number of aliphatic hydroxyl groups excluding tert-OH is 1. The Bertz CT molecular complexity index is 1950. The van der Waals surface area contributed by atoms with Crippen molar-refractivity contribution >= 4 is 23.9 Å². The maximum atomic E-state index is 14.1. The highest BCUT2D eigenvalue weighted by molar-refractivity contribution is 5.88. The van der Waals surface area contributed by atoms with Crippen molar-refractivity contribution in [3.8, 4) is 0 Å². The van der Waals surface area contributed by atoms with Crippen LogP contribution in [0.3, 0.4) is 0 Å². The molecule has 7 fully saturated rings. The molecule has 2 N–H and O–H groups in total. The van der Waals surface area contributed by atoms with E-state index in [9.17, 15) is 29.4 Å². The third-order valence-corrected chi connectivity index (χ3v) is 15.3. The minimum atomic E-state index is -2.27. The van der Waals surface area contributed by atoms with Crippen LogP contribution < -0.4 is 0 Å². The molecule has 4 aliphatic carbocycles. The number of ether oxygens (including phenoxy) is 10. The van der Waals surface area contributed by atoms with Crippen LogP contribution in [0, 0.1) is 22.2 Å². The summed E-state index contributed by atoms with van der Waals surface area (Å²) in [7, 11) is 3.76. The van der Waals surface area contributed by atoms with Gasteiger partial charge in [-0.05, 0) is 38.7 Å². The summed E-state index contributed by atoms with van der Waals surface area (Å²) < 4.78 is 69.8. The summed E-state index contributed by atoms with van der Waals surface area (Å²) in [5.41, 5.74) is -15.0. The third kappa shape index (κ3) is 4.17. The SMILES string of the molecule is C/C=C(/C)C(=O)O[C@H]1[C@]2(C)C[C@]3(O)[C@]14O[C@](C)(OC)O[C@H]4[C@]14O[C@]5(C)O[C@@]1(CC(=O)OC)[C@](C)([C@@H](OC(C)=O)c1ccoc1)C[C@@H](O)[C@]4(O5)[C@]3(C)[C@H]2CC(=O)OC. The Balaban J connectivity index is 1.53. The van der Waals surface area contributed by atoms with Gasteiger partial charge in [0.25, 0.3) is 11.9 Å². The molecule has 314 valence electrons. The predicted molar refractivity (Wildman–Crippen MR) is 188 cm³/mol. The average Bonchev–Trinajstić information content (AvgIpc) is 3.97. The number of fused-ring (bicyclic) bond motifs is 2. The Morgan fingerprint density at radius 2 is 1.63 bits per heavy atom. The van der Waals surface area contributed by atoms with Crippen molar-refractivity contribution in [3.63, 3.8) is 0 Å². The Kier molecular flexibility index (Phi) is 8.40. The lowest BCUT2D eigenvalue weighted by Crippen LogP contribution is -2.97. The van der Waals surface area contributed by atoms with Crippen molar-refractivity contribution in [1.29, 1.82) is 0 Å². The van der Waals surface area contributed by atoms with Crippen molar-refractivity contribution in [2.45, 2.75) is 145 Å². The second-order valence-corrected chi connectivity index (χ2v) is 17.7. The quantitative estimate of drug-likeness (QED) is 0.198. The van der Waals surface area contributed by atoms with E-state index in [4.69, 9.17) is 51.8 Å². The highest BCUT2D eigenvalue weighted by Crippen LogP contribution is 2.90. The van der Waals surface area contributed by atoms with Crippen LogP contribution in [-0.4, -0.2) is 114 Å².